The first-order valence-corrected chi connectivity index (χ1v) is 12.5. The molecule has 3 heterocycles. The van der Waals surface area contributed by atoms with E-state index < -0.39 is 33.7 Å². The SMILES string of the molecule is CC1CN(S(C)(=O)=O)C(=O)C1c1nn(C(=O)c2ccoc2)c(OCc2ccc(CN)cc2)c1C#N. The number of nitrogens with two attached hydrogens (primary N) is 1. The van der Waals surface area contributed by atoms with Gasteiger partial charge in [-0.15, -0.1) is 0 Å². The summed E-state index contributed by atoms with van der Waals surface area (Å²) >= 11 is 0. The van der Waals surface area contributed by atoms with Crippen molar-refractivity contribution in [2.45, 2.75) is 26.0 Å². The van der Waals surface area contributed by atoms with Gasteiger partial charge in [-0.25, -0.2) is 12.7 Å². The average Bonchev–Trinajstić information content (AvgIpc) is 3.55. The van der Waals surface area contributed by atoms with Crippen molar-refractivity contribution in [3.05, 3.63) is 70.8 Å². The van der Waals surface area contributed by atoms with E-state index in [9.17, 15) is 23.3 Å². The molecule has 0 aliphatic carbocycles. The van der Waals surface area contributed by atoms with Crippen LogP contribution in [0.3, 0.4) is 0 Å². The fourth-order valence-electron chi connectivity index (χ4n) is 3.98. The summed E-state index contributed by atoms with van der Waals surface area (Å²) < 4.78 is 36.7. The first-order chi connectivity index (χ1) is 16.7. The zero-order chi connectivity index (χ0) is 25.3. The highest BCUT2D eigenvalue weighted by atomic mass is 32.2. The van der Waals surface area contributed by atoms with Crippen LogP contribution in [0.2, 0.25) is 0 Å². The summed E-state index contributed by atoms with van der Waals surface area (Å²) in [5, 5.41) is 14.3. The molecule has 182 valence electrons. The summed E-state index contributed by atoms with van der Waals surface area (Å²) in [4.78, 5) is 26.2. The molecule has 11 nitrogen and oxygen atoms in total. The molecule has 1 saturated heterocycles. The molecule has 1 fully saturated rings. The van der Waals surface area contributed by atoms with Gasteiger partial charge in [-0.2, -0.15) is 15.0 Å². The largest absolute Gasteiger partial charge is 0.472 e. The Morgan fingerprint density at radius 3 is 2.51 bits per heavy atom. The lowest BCUT2D eigenvalue weighted by Crippen LogP contribution is -2.32. The van der Waals surface area contributed by atoms with Gasteiger partial charge in [-0.05, 0) is 23.1 Å². The summed E-state index contributed by atoms with van der Waals surface area (Å²) in [6, 6.07) is 10.7. The third kappa shape index (κ3) is 4.55. The molecular formula is C23H23N5O6S. The van der Waals surface area contributed by atoms with E-state index in [1.165, 1.54) is 18.6 Å². The number of nitriles is 1. The number of carbonyl (C=O) groups is 2. The summed E-state index contributed by atoms with van der Waals surface area (Å²) in [6.07, 6.45) is 3.48. The molecule has 1 aromatic carbocycles. The van der Waals surface area contributed by atoms with E-state index in [0.717, 1.165) is 26.4 Å². The van der Waals surface area contributed by atoms with Gasteiger partial charge in [0.2, 0.25) is 21.8 Å². The number of carbonyl (C=O) groups excluding carboxylic acids is 2. The number of nitrogens with zero attached hydrogens (tertiary/aromatic N) is 4. The number of ether oxygens (including phenoxy) is 1. The molecule has 1 amide bonds. The molecule has 35 heavy (non-hydrogen) atoms. The Bertz CT molecular complexity index is 1400. The van der Waals surface area contributed by atoms with Crippen LogP contribution < -0.4 is 10.5 Å². The number of hydrogen-bond donors (Lipinski definition) is 1. The molecule has 12 heteroatoms. The van der Waals surface area contributed by atoms with E-state index >= 15 is 0 Å². The molecule has 2 atom stereocenters. The molecule has 4 rings (SSSR count). The third-order valence-corrected chi connectivity index (χ3v) is 6.94. The highest BCUT2D eigenvalue weighted by Gasteiger charge is 2.46. The lowest BCUT2D eigenvalue weighted by atomic mass is 9.92. The van der Waals surface area contributed by atoms with Gasteiger partial charge in [0.05, 0.1) is 29.7 Å². The van der Waals surface area contributed by atoms with Gasteiger partial charge >= 0.3 is 0 Å². The number of hydrogen-bond acceptors (Lipinski definition) is 9. The van der Waals surface area contributed by atoms with Crippen molar-refractivity contribution in [1.82, 2.24) is 14.1 Å². The standard InChI is InChI=1S/C23H23N5O6S/c1-14-11-27(35(2,31)32)22(30)19(14)20-18(10-25)23(28(26-20)21(29)17-7-8-33-13-17)34-12-16-5-3-15(9-24)4-6-16/h3-8,13-14,19H,9,11-12,24H2,1-2H3. The van der Waals surface area contributed by atoms with Crippen LogP contribution in [-0.4, -0.2) is 47.1 Å². The molecule has 3 aromatic rings. The smallest absolute Gasteiger partial charge is 0.284 e. The van der Waals surface area contributed by atoms with Crippen LogP contribution in [0.15, 0.2) is 47.3 Å². The lowest BCUT2D eigenvalue weighted by molar-refractivity contribution is -0.125. The zero-order valence-electron chi connectivity index (χ0n) is 19.0. The van der Waals surface area contributed by atoms with Crippen molar-refractivity contribution in [2.75, 3.05) is 12.8 Å². The Morgan fingerprint density at radius 2 is 1.97 bits per heavy atom. The summed E-state index contributed by atoms with van der Waals surface area (Å²) in [5.74, 6) is -3.00. The van der Waals surface area contributed by atoms with Gasteiger partial charge in [-0.1, -0.05) is 31.2 Å². The van der Waals surface area contributed by atoms with Crippen LogP contribution in [-0.2, 0) is 28.0 Å². The third-order valence-electron chi connectivity index (χ3n) is 5.81. The minimum Gasteiger partial charge on any atom is -0.472 e. The summed E-state index contributed by atoms with van der Waals surface area (Å²) in [6.45, 7) is 2.02. The maximum absolute atomic E-state index is 13.2. The highest BCUT2D eigenvalue weighted by Crippen LogP contribution is 2.38. The van der Waals surface area contributed by atoms with E-state index in [1.807, 2.05) is 18.2 Å². The molecular weight excluding hydrogens is 474 g/mol. The topological polar surface area (TPSA) is 162 Å². The second kappa shape index (κ2) is 9.36. The molecule has 2 aromatic heterocycles. The number of sulfonamides is 1. The molecule has 2 unspecified atom stereocenters. The van der Waals surface area contributed by atoms with E-state index in [1.54, 1.807) is 19.1 Å². The minimum absolute atomic E-state index is 0.00691. The van der Waals surface area contributed by atoms with Gasteiger partial charge in [0.15, 0.2) is 0 Å². The maximum Gasteiger partial charge on any atom is 0.284 e. The fourth-order valence-corrected chi connectivity index (χ4v) is 4.93. The van der Waals surface area contributed by atoms with E-state index in [0.29, 0.717) is 6.54 Å². The van der Waals surface area contributed by atoms with Gasteiger partial charge in [0.25, 0.3) is 5.91 Å². The second-order valence-corrected chi connectivity index (χ2v) is 10.2. The molecule has 1 aliphatic rings. The van der Waals surface area contributed by atoms with Crippen LogP contribution in [0, 0.1) is 17.2 Å². The minimum atomic E-state index is -3.81. The van der Waals surface area contributed by atoms with Crippen LogP contribution in [0.1, 0.15) is 45.6 Å². The molecule has 0 spiro atoms. The van der Waals surface area contributed by atoms with E-state index in [-0.39, 0.29) is 35.9 Å². The number of aromatic nitrogens is 2. The van der Waals surface area contributed by atoms with Crippen LogP contribution in [0.5, 0.6) is 5.88 Å². The fraction of sp³-hybridized carbons (Fsp3) is 0.304. The molecule has 0 bridgehead atoms. The van der Waals surface area contributed by atoms with Crippen molar-refractivity contribution in [1.29, 1.82) is 5.26 Å². The Balaban J connectivity index is 1.77. The molecule has 1 aliphatic heterocycles. The van der Waals surface area contributed by atoms with Crippen LogP contribution in [0.4, 0.5) is 0 Å². The van der Waals surface area contributed by atoms with Gasteiger partial charge in [-0.3, -0.25) is 9.59 Å². The Morgan fingerprint density at radius 1 is 1.29 bits per heavy atom. The Kier molecular flexibility index (Phi) is 6.47. The quantitative estimate of drug-likeness (QED) is 0.511. The van der Waals surface area contributed by atoms with Crippen LogP contribution >= 0.6 is 0 Å². The Labute approximate surface area is 201 Å². The number of furan rings is 1. The maximum atomic E-state index is 13.2. The summed E-state index contributed by atoms with van der Waals surface area (Å²) in [7, 11) is -3.81. The highest BCUT2D eigenvalue weighted by molar-refractivity contribution is 7.88. The van der Waals surface area contributed by atoms with Crippen molar-refractivity contribution >= 4 is 21.8 Å². The van der Waals surface area contributed by atoms with Crippen molar-refractivity contribution < 1.29 is 27.2 Å². The van der Waals surface area contributed by atoms with Crippen molar-refractivity contribution in [2.24, 2.45) is 11.7 Å². The zero-order valence-corrected chi connectivity index (χ0v) is 19.9. The van der Waals surface area contributed by atoms with Gasteiger partial charge in [0, 0.05) is 13.1 Å². The average molecular weight is 498 g/mol. The van der Waals surface area contributed by atoms with Gasteiger partial charge in [0.1, 0.15) is 24.5 Å². The van der Waals surface area contributed by atoms with E-state index in [4.69, 9.17) is 14.9 Å². The lowest BCUT2D eigenvalue weighted by Gasteiger charge is -2.12. The second-order valence-electron chi connectivity index (χ2n) is 8.30. The summed E-state index contributed by atoms with van der Waals surface area (Å²) in [5.41, 5.74) is 7.35. The predicted molar refractivity (Wildman–Crippen MR) is 123 cm³/mol. The molecule has 0 saturated carbocycles. The van der Waals surface area contributed by atoms with Crippen molar-refractivity contribution in [3.8, 4) is 11.9 Å². The van der Waals surface area contributed by atoms with Crippen molar-refractivity contribution in [3.63, 3.8) is 0 Å². The number of benzene rings is 1. The number of rotatable bonds is 7. The Hall–Kier alpha value is -3.95. The van der Waals surface area contributed by atoms with Gasteiger partial charge < -0.3 is 14.9 Å². The number of amides is 1. The van der Waals surface area contributed by atoms with Crippen LogP contribution in [0.25, 0.3) is 0 Å². The molecule has 2 N–H and O–H groups in total. The monoisotopic (exact) mass is 497 g/mol. The first kappa shape index (κ1) is 24.2. The normalized spacial score (nSPS) is 18.0. The predicted octanol–water partition coefficient (Wildman–Crippen LogP) is 1.60. The first-order valence-electron chi connectivity index (χ1n) is 10.7. The molecule has 0 radical (unpaired) electrons. The van der Waals surface area contributed by atoms with E-state index in [2.05, 4.69) is 5.10 Å².